The van der Waals surface area contributed by atoms with Crippen LogP contribution in [0.3, 0.4) is 0 Å². The van der Waals surface area contributed by atoms with Crippen LogP contribution in [0, 0.1) is 0 Å². The molecule has 2 heteroatoms. The van der Waals surface area contributed by atoms with Gasteiger partial charge in [-0.05, 0) is 17.0 Å². The SMILES string of the molecule is CCC.CN(C)c1cccc2c(CC=O)cccc12. The zero-order chi connectivity index (χ0) is 14.3. The van der Waals surface area contributed by atoms with Gasteiger partial charge in [0, 0.05) is 31.6 Å². The maximum Gasteiger partial charge on any atom is 0.124 e. The van der Waals surface area contributed by atoms with Crippen LogP contribution in [0.2, 0.25) is 0 Å². The molecule has 0 atom stereocenters. The third-order valence-corrected chi connectivity index (χ3v) is 2.77. The molecule has 0 saturated heterocycles. The molecule has 2 rings (SSSR count). The van der Waals surface area contributed by atoms with Crippen LogP contribution in [0.5, 0.6) is 0 Å². The molecule has 102 valence electrons. The first-order valence-corrected chi connectivity index (χ1v) is 6.77. The molecule has 0 fully saturated rings. The van der Waals surface area contributed by atoms with E-state index >= 15 is 0 Å². The van der Waals surface area contributed by atoms with Crippen molar-refractivity contribution in [2.24, 2.45) is 0 Å². The van der Waals surface area contributed by atoms with Crippen LogP contribution >= 0.6 is 0 Å². The monoisotopic (exact) mass is 257 g/mol. The van der Waals surface area contributed by atoms with Crippen LogP contribution in [0.15, 0.2) is 36.4 Å². The van der Waals surface area contributed by atoms with Crippen molar-refractivity contribution in [1.29, 1.82) is 0 Å². The van der Waals surface area contributed by atoms with Crippen LogP contribution < -0.4 is 4.90 Å². The summed E-state index contributed by atoms with van der Waals surface area (Å²) >= 11 is 0. The van der Waals surface area contributed by atoms with Gasteiger partial charge in [-0.2, -0.15) is 0 Å². The van der Waals surface area contributed by atoms with Crippen LogP contribution in [0.4, 0.5) is 5.69 Å². The van der Waals surface area contributed by atoms with Gasteiger partial charge >= 0.3 is 0 Å². The predicted octanol–water partition coefficient (Wildman–Crippen LogP) is 4.06. The zero-order valence-corrected chi connectivity index (χ0v) is 12.3. The Bertz CT molecular complexity index is 532. The lowest BCUT2D eigenvalue weighted by Crippen LogP contribution is -2.09. The highest BCUT2D eigenvalue weighted by atomic mass is 16.1. The Kier molecular flexibility index (Phi) is 6.07. The number of carbonyl (C=O) groups is 1. The molecule has 0 spiro atoms. The minimum absolute atomic E-state index is 0.480. The quantitative estimate of drug-likeness (QED) is 0.773. The molecule has 0 aliphatic rings. The molecule has 0 N–H and O–H groups in total. The fourth-order valence-corrected chi connectivity index (χ4v) is 2.02. The summed E-state index contributed by atoms with van der Waals surface area (Å²) in [5.74, 6) is 0. The largest absolute Gasteiger partial charge is 0.377 e. The van der Waals surface area contributed by atoms with Crippen LogP contribution in [-0.4, -0.2) is 20.4 Å². The molecule has 0 unspecified atom stereocenters. The molecule has 0 amide bonds. The van der Waals surface area contributed by atoms with Crippen molar-refractivity contribution in [2.75, 3.05) is 19.0 Å². The molecular formula is C17H23NO. The summed E-state index contributed by atoms with van der Waals surface area (Å²) < 4.78 is 0. The van der Waals surface area contributed by atoms with E-state index in [2.05, 4.69) is 36.9 Å². The number of benzene rings is 2. The second kappa shape index (κ2) is 7.57. The molecular weight excluding hydrogens is 234 g/mol. The molecule has 0 aliphatic carbocycles. The molecule has 2 aromatic carbocycles. The molecule has 0 bridgehead atoms. The van der Waals surface area contributed by atoms with Crippen molar-refractivity contribution < 1.29 is 4.79 Å². The Hall–Kier alpha value is -1.83. The second-order valence-electron chi connectivity index (χ2n) is 4.76. The third kappa shape index (κ3) is 3.82. The van der Waals surface area contributed by atoms with E-state index in [0.717, 1.165) is 11.8 Å². The summed E-state index contributed by atoms with van der Waals surface area (Å²) in [6.07, 6.45) is 2.69. The maximum atomic E-state index is 10.6. The lowest BCUT2D eigenvalue weighted by molar-refractivity contribution is -0.107. The first-order chi connectivity index (χ1) is 9.15. The molecule has 2 nitrogen and oxygen atoms in total. The molecule has 2 aromatic rings. The maximum absolute atomic E-state index is 10.6. The van der Waals surface area contributed by atoms with Gasteiger partial charge < -0.3 is 9.69 Å². The van der Waals surface area contributed by atoms with Crippen molar-refractivity contribution in [3.63, 3.8) is 0 Å². The van der Waals surface area contributed by atoms with Crippen LogP contribution in [0.25, 0.3) is 10.8 Å². The minimum atomic E-state index is 0.480. The summed E-state index contributed by atoms with van der Waals surface area (Å²) in [7, 11) is 4.06. The van der Waals surface area contributed by atoms with E-state index in [9.17, 15) is 4.79 Å². The molecule has 0 aromatic heterocycles. The van der Waals surface area contributed by atoms with E-state index in [1.807, 2.05) is 32.3 Å². The number of hydrogen-bond acceptors (Lipinski definition) is 2. The Balaban J connectivity index is 0.000000550. The lowest BCUT2D eigenvalue weighted by Gasteiger charge is -2.16. The number of aldehydes is 1. The minimum Gasteiger partial charge on any atom is -0.377 e. The van der Waals surface area contributed by atoms with Crippen LogP contribution in [0.1, 0.15) is 25.8 Å². The van der Waals surface area contributed by atoms with Crippen molar-refractivity contribution in [3.05, 3.63) is 42.0 Å². The van der Waals surface area contributed by atoms with Crippen molar-refractivity contribution in [1.82, 2.24) is 0 Å². The normalized spacial score (nSPS) is 9.68. The van der Waals surface area contributed by atoms with Gasteiger partial charge in [-0.25, -0.2) is 0 Å². The van der Waals surface area contributed by atoms with Gasteiger partial charge in [-0.15, -0.1) is 0 Å². The Morgan fingerprint density at radius 3 is 2.16 bits per heavy atom. The van der Waals surface area contributed by atoms with Crippen molar-refractivity contribution in [2.45, 2.75) is 26.7 Å². The summed E-state index contributed by atoms with van der Waals surface area (Å²) in [6.45, 7) is 4.25. The molecule has 0 aliphatic heterocycles. The summed E-state index contributed by atoms with van der Waals surface area (Å²) in [5.41, 5.74) is 2.28. The Morgan fingerprint density at radius 1 is 1.00 bits per heavy atom. The van der Waals surface area contributed by atoms with Crippen molar-refractivity contribution >= 4 is 22.7 Å². The standard InChI is InChI=1S/C14H15NO.C3H8/c1-15(2)14-8-4-6-12-11(9-10-16)5-3-7-13(12)14;1-3-2/h3-8,10H,9H2,1-2H3;3H2,1-2H3. The Morgan fingerprint density at radius 2 is 1.58 bits per heavy atom. The highest BCUT2D eigenvalue weighted by molar-refractivity contribution is 5.96. The van der Waals surface area contributed by atoms with Gasteiger partial charge in [-0.3, -0.25) is 0 Å². The molecule has 0 saturated carbocycles. The highest BCUT2D eigenvalue weighted by Crippen LogP contribution is 2.27. The zero-order valence-electron chi connectivity index (χ0n) is 12.3. The number of nitrogens with zero attached hydrogens (tertiary/aromatic N) is 1. The second-order valence-corrected chi connectivity index (χ2v) is 4.76. The fraction of sp³-hybridized carbons (Fsp3) is 0.353. The van der Waals surface area contributed by atoms with Gasteiger partial charge in [-0.1, -0.05) is 50.6 Å². The van der Waals surface area contributed by atoms with Crippen molar-refractivity contribution in [3.8, 4) is 0 Å². The van der Waals surface area contributed by atoms with Crippen LogP contribution in [-0.2, 0) is 11.2 Å². The average Bonchev–Trinajstić information content (AvgIpc) is 2.39. The average molecular weight is 257 g/mol. The van der Waals surface area contributed by atoms with Gasteiger partial charge in [0.05, 0.1) is 0 Å². The number of fused-ring (bicyclic) bond motifs is 1. The molecule has 19 heavy (non-hydrogen) atoms. The topological polar surface area (TPSA) is 20.3 Å². The highest BCUT2D eigenvalue weighted by Gasteiger charge is 2.05. The molecule has 0 heterocycles. The fourth-order valence-electron chi connectivity index (χ4n) is 2.02. The van der Waals surface area contributed by atoms with E-state index in [-0.39, 0.29) is 0 Å². The number of anilines is 1. The lowest BCUT2D eigenvalue weighted by atomic mass is 10.0. The first kappa shape index (κ1) is 15.2. The molecule has 0 radical (unpaired) electrons. The number of carbonyl (C=O) groups excluding carboxylic acids is 1. The Labute approximate surface area is 116 Å². The van der Waals surface area contributed by atoms with Gasteiger partial charge in [0.25, 0.3) is 0 Å². The third-order valence-electron chi connectivity index (χ3n) is 2.77. The summed E-state index contributed by atoms with van der Waals surface area (Å²) in [5, 5.41) is 2.37. The number of rotatable bonds is 3. The van der Waals surface area contributed by atoms with Gasteiger partial charge in [0.1, 0.15) is 6.29 Å². The van der Waals surface area contributed by atoms with E-state index in [1.165, 1.54) is 22.9 Å². The number of hydrogen-bond donors (Lipinski definition) is 0. The van der Waals surface area contributed by atoms with E-state index in [1.54, 1.807) is 0 Å². The first-order valence-electron chi connectivity index (χ1n) is 6.77. The van der Waals surface area contributed by atoms with Gasteiger partial charge in [0.15, 0.2) is 0 Å². The van der Waals surface area contributed by atoms with Gasteiger partial charge in [0.2, 0.25) is 0 Å². The smallest absolute Gasteiger partial charge is 0.124 e. The summed E-state index contributed by atoms with van der Waals surface area (Å²) in [6, 6.07) is 12.3. The van der Waals surface area contributed by atoms with E-state index in [0.29, 0.717) is 6.42 Å². The summed E-state index contributed by atoms with van der Waals surface area (Å²) in [4.78, 5) is 12.7. The predicted molar refractivity (Wildman–Crippen MR) is 84.0 cm³/mol. The van der Waals surface area contributed by atoms with E-state index in [4.69, 9.17) is 0 Å². The van der Waals surface area contributed by atoms with E-state index < -0.39 is 0 Å².